The van der Waals surface area contributed by atoms with Gasteiger partial charge in [-0.2, -0.15) is 4.31 Å². The number of hydrogen-bond donors (Lipinski definition) is 1. The van der Waals surface area contributed by atoms with Crippen LogP contribution in [0.3, 0.4) is 0 Å². The first-order valence-corrected chi connectivity index (χ1v) is 8.29. The van der Waals surface area contributed by atoms with Gasteiger partial charge in [-0.15, -0.1) is 0 Å². The van der Waals surface area contributed by atoms with Crippen molar-refractivity contribution in [1.29, 1.82) is 0 Å². The molecule has 0 aliphatic carbocycles. The standard InChI is InChI=1S/C13H15ClFNO4S/c14-11-3-2-10(15)7-12(11)21(19,20)16-6-5-9(8-16)1-4-13(17)18/h2-3,7,9H,1,4-6,8H2,(H,17,18). The van der Waals surface area contributed by atoms with E-state index in [4.69, 9.17) is 16.7 Å². The van der Waals surface area contributed by atoms with Crippen molar-refractivity contribution in [3.63, 3.8) is 0 Å². The molecule has 0 amide bonds. The number of carbonyl (C=O) groups is 1. The molecule has 0 radical (unpaired) electrons. The highest BCUT2D eigenvalue weighted by Crippen LogP contribution is 2.30. The van der Waals surface area contributed by atoms with Crippen molar-refractivity contribution in [2.24, 2.45) is 5.92 Å². The molecule has 1 N–H and O–H groups in total. The molecule has 1 atom stereocenters. The fourth-order valence-electron chi connectivity index (χ4n) is 2.39. The summed E-state index contributed by atoms with van der Waals surface area (Å²) in [6.07, 6.45) is 1.04. The van der Waals surface area contributed by atoms with E-state index >= 15 is 0 Å². The first kappa shape index (κ1) is 16.2. The third kappa shape index (κ3) is 3.72. The van der Waals surface area contributed by atoms with Crippen LogP contribution in [0.2, 0.25) is 5.02 Å². The maximum Gasteiger partial charge on any atom is 0.303 e. The van der Waals surface area contributed by atoms with Gasteiger partial charge in [0.2, 0.25) is 10.0 Å². The second-order valence-corrected chi connectivity index (χ2v) is 7.34. The minimum Gasteiger partial charge on any atom is -0.481 e. The Morgan fingerprint density at radius 2 is 2.19 bits per heavy atom. The lowest BCUT2D eigenvalue weighted by Gasteiger charge is -2.17. The first-order valence-electron chi connectivity index (χ1n) is 6.47. The summed E-state index contributed by atoms with van der Waals surface area (Å²) in [5.41, 5.74) is 0. The summed E-state index contributed by atoms with van der Waals surface area (Å²) in [4.78, 5) is 10.3. The second kappa shape index (κ2) is 6.29. The Morgan fingerprint density at radius 1 is 1.48 bits per heavy atom. The number of nitrogens with zero attached hydrogens (tertiary/aromatic N) is 1. The third-order valence-electron chi connectivity index (χ3n) is 3.53. The SMILES string of the molecule is O=C(O)CCC1CCN(S(=O)(=O)c2cc(F)ccc2Cl)C1. The van der Waals surface area contributed by atoms with Gasteiger partial charge in [-0.3, -0.25) is 4.79 Å². The molecule has 5 nitrogen and oxygen atoms in total. The number of carboxylic acids is 1. The van der Waals surface area contributed by atoms with E-state index in [1.165, 1.54) is 10.4 Å². The Morgan fingerprint density at radius 3 is 2.86 bits per heavy atom. The quantitative estimate of drug-likeness (QED) is 0.896. The molecule has 1 aromatic carbocycles. The molecule has 1 heterocycles. The van der Waals surface area contributed by atoms with Gasteiger partial charge >= 0.3 is 5.97 Å². The van der Waals surface area contributed by atoms with Crippen LogP contribution >= 0.6 is 11.6 Å². The zero-order valence-electron chi connectivity index (χ0n) is 11.1. The minimum absolute atomic E-state index is 0.00297. The van der Waals surface area contributed by atoms with Crippen LogP contribution in [-0.4, -0.2) is 36.9 Å². The molecule has 1 saturated heterocycles. The van der Waals surface area contributed by atoms with Crippen molar-refractivity contribution in [3.8, 4) is 0 Å². The lowest BCUT2D eigenvalue weighted by molar-refractivity contribution is -0.137. The van der Waals surface area contributed by atoms with E-state index in [2.05, 4.69) is 0 Å². The van der Waals surface area contributed by atoms with Crippen molar-refractivity contribution in [2.45, 2.75) is 24.2 Å². The van der Waals surface area contributed by atoms with Gasteiger partial charge in [0, 0.05) is 19.5 Å². The maximum atomic E-state index is 13.2. The highest BCUT2D eigenvalue weighted by atomic mass is 35.5. The monoisotopic (exact) mass is 335 g/mol. The van der Waals surface area contributed by atoms with Crippen molar-refractivity contribution >= 4 is 27.6 Å². The highest BCUT2D eigenvalue weighted by Gasteiger charge is 2.33. The number of hydrogen-bond acceptors (Lipinski definition) is 3. The summed E-state index contributed by atoms with van der Waals surface area (Å²) in [5.74, 6) is -1.56. The molecule has 0 bridgehead atoms. The Bertz CT molecular complexity index is 650. The molecule has 0 spiro atoms. The Kier molecular flexibility index (Phi) is 4.85. The normalized spacial score (nSPS) is 19.8. The van der Waals surface area contributed by atoms with Crippen LogP contribution in [0.1, 0.15) is 19.3 Å². The molecule has 0 saturated carbocycles. The Balaban J connectivity index is 2.14. The summed E-state index contributed by atoms with van der Waals surface area (Å²) in [5, 5.41) is 8.63. The van der Waals surface area contributed by atoms with Crippen molar-refractivity contribution in [2.75, 3.05) is 13.1 Å². The molecule has 1 unspecified atom stereocenters. The number of sulfonamides is 1. The van der Waals surface area contributed by atoms with E-state index in [1.54, 1.807) is 0 Å². The molecular weight excluding hydrogens is 321 g/mol. The smallest absolute Gasteiger partial charge is 0.303 e. The van der Waals surface area contributed by atoms with Crippen LogP contribution in [0.5, 0.6) is 0 Å². The van der Waals surface area contributed by atoms with Crippen LogP contribution in [0.25, 0.3) is 0 Å². The predicted octanol–water partition coefficient (Wildman–Crippen LogP) is 2.35. The molecule has 1 aliphatic rings. The zero-order chi connectivity index (χ0) is 15.6. The van der Waals surface area contributed by atoms with Crippen LogP contribution in [0, 0.1) is 11.7 Å². The minimum atomic E-state index is -3.85. The summed E-state index contributed by atoms with van der Waals surface area (Å²) >= 11 is 5.85. The predicted molar refractivity (Wildman–Crippen MR) is 75.1 cm³/mol. The number of benzene rings is 1. The molecule has 0 aromatic heterocycles. The average Bonchev–Trinajstić information content (AvgIpc) is 2.88. The molecule has 1 fully saturated rings. The van der Waals surface area contributed by atoms with Gasteiger partial charge in [0.1, 0.15) is 10.7 Å². The van der Waals surface area contributed by atoms with Gasteiger partial charge in [0.25, 0.3) is 0 Å². The van der Waals surface area contributed by atoms with Crippen molar-refractivity contribution in [1.82, 2.24) is 4.31 Å². The Hall–Kier alpha value is -1.18. The molecule has 21 heavy (non-hydrogen) atoms. The van der Waals surface area contributed by atoms with Crippen molar-refractivity contribution in [3.05, 3.63) is 29.0 Å². The van der Waals surface area contributed by atoms with Gasteiger partial charge in [-0.25, -0.2) is 12.8 Å². The largest absolute Gasteiger partial charge is 0.481 e. The molecule has 116 valence electrons. The van der Waals surface area contributed by atoms with Gasteiger partial charge in [-0.05, 0) is 37.0 Å². The maximum absolute atomic E-state index is 13.2. The van der Waals surface area contributed by atoms with E-state index in [0.29, 0.717) is 19.4 Å². The lowest BCUT2D eigenvalue weighted by atomic mass is 10.0. The summed E-state index contributed by atoms with van der Waals surface area (Å²) in [7, 11) is -3.85. The number of halogens is 2. The summed E-state index contributed by atoms with van der Waals surface area (Å²) in [6.45, 7) is 0.530. The molecule has 1 aliphatic heterocycles. The van der Waals surface area contributed by atoms with E-state index in [1.807, 2.05) is 0 Å². The first-order chi connectivity index (χ1) is 9.80. The van der Waals surface area contributed by atoms with E-state index < -0.39 is 21.8 Å². The number of carboxylic acid groups (broad SMARTS) is 1. The van der Waals surface area contributed by atoms with Crippen LogP contribution in [-0.2, 0) is 14.8 Å². The lowest BCUT2D eigenvalue weighted by Crippen LogP contribution is -2.29. The molecule has 1 aromatic rings. The average molecular weight is 336 g/mol. The molecule has 2 rings (SSSR count). The zero-order valence-corrected chi connectivity index (χ0v) is 12.7. The van der Waals surface area contributed by atoms with Gasteiger partial charge < -0.3 is 5.11 Å². The van der Waals surface area contributed by atoms with Crippen molar-refractivity contribution < 1.29 is 22.7 Å². The summed E-state index contributed by atoms with van der Waals surface area (Å²) < 4.78 is 39.4. The van der Waals surface area contributed by atoms with Crippen LogP contribution in [0.4, 0.5) is 4.39 Å². The van der Waals surface area contributed by atoms with E-state index in [0.717, 1.165) is 12.1 Å². The fourth-order valence-corrected chi connectivity index (χ4v) is 4.41. The van der Waals surface area contributed by atoms with Gasteiger partial charge in [-0.1, -0.05) is 11.6 Å². The second-order valence-electron chi connectivity index (χ2n) is 5.02. The number of aliphatic carboxylic acids is 1. The third-order valence-corrected chi connectivity index (χ3v) is 5.87. The van der Waals surface area contributed by atoms with Gasteiger partial charge in [0.05, 0.1) is 5.02 Å². The molecular formula is C13H15ClFNO4S. The van der Waals surface area contributed by atoms with Gasteiger partial charge in [0.15, 0.2) is 0 Å². The van der Waals surface area contributed by atoms with Crippen LogP contribution < -0.4 is 0 Å². The topological polar surface area (TPSA) is 74.7 Å². The number of rotatable bonds is 5. The summed E-state index contributed by atoms with van der Waals surface area (Å²) in [6, 6.07) is 3.21. The van der Waals surface area contributed by atoms with E-state index in [-0.39, 0.29) is 28.8 Å². The van der Waals surface area contributed by atoms with Crippen LogP contribution in [0.15, 0.2) is 23.1 Å². The fraction of sp³-hybridized carbons (Fsp3) is 0.462. The molecule has 8 heteroatoms. The Labute approximate surface area is 127 Å². The van der Waals surface area contributed by atoms with E-state index in [9.17, 15) is 17.6 Å². The highest BCUT2D eigenvalue weighted by molar-refractivity contribution is 7.89.